The van der Waals surface area contributed by atoms with Crippen molar-refractivity contribution in [1.29, 1.82) is 0 Å². The second kappa shape index (κ2) is 4.39. The zero-order chi connectivity index (χ0) is 13.6. The molecule has 1 aliphatic rings. The van der Waals surface area contributed by atoms with Crippen LogP contribution in [0.25, 0.3) is 10.1 Å². The fourth-order valence-corrected chi connectivity index (χ4v) is 3.34. The highest BCUT2D eigenvalue weighted by atomic mass is 35.5. The normalized spacial score (nSPS) is 16.5. The van der Waals surface area contributed by atoms with E-state index < -0.39 is 0 Å². The molecule has 0 bridgehead atoms. The van der Waals surface area contributed by atoms with Crippen LogP contribution in [0.15, 0.2) is 18.2 Å². The van der Waals surface area contributed by atoms with Crippen LogP contribution in [0.4, 0.5) is 5.69 Å². The van der Waals surface area contributed by atoms with Crippen molar-refractivity contribution in [1.82, 2.24) is 5.32 Å². The van der Waals surface area contributed by atoms with Gasteiger partial charge in [-0.1, -0.05) is 18.5 Å². The molecule has 1 aromatic heterocycles. The molecule has 1 saturated carbocycles. The lowest BCUT2D eigenvalue weighted by Gasteiger charge is -2.09. The van der Waals surface area contributed by atoms with E-state index in [1.54, 1.807) is 6.07 Å². The van der Waals surface area contributed by atoms with E-state index in [1.165, 1.54) is 24.2 Å². The molecule has 1 aliphatic carbocycles. The first kappa shape index (κ1) is 12.8. The second-order valence-electron chi connectivity index (χ2n) is 5.48. The number of carbonyl (C=O) groups is 1. The summed E-state index contributed by atoms with van der Waals surface area (Å²) < 4.78 is 0.952. The van der Waals surface area contributed by atoms with Crippen molar-refractivity contribution >= 4 is 44.6 Å². The first-order chi connectivity index (χ1) is 8.98. The summed E-state index contributed by atoms with van der Waals surface area (Å²) in [5.41, 5.74) is 6.90. The number of benzene rings is 1. The number of hydrogen-bond donors (Lipinski definition) is 2. The lowest BCUT2D eigenvalue weighted by molar-refractivity contribution is 0.0951. The van der Waals surface area contributed by atoms with Crippen LogP contribution in [0.3, 0.4) is 0 Å². The lowest BCUT2D eigenvalue weighted by Crippen LogP contribution is -2.28. The second-order valence-corrected chi connectivity index (χ2v) is 6.97. The molecule has 1 heterocycles. The summed E-state index contributed by atoms with van der Waals surface area (Å²) in [5.74, 6) is -0.0806. The fourth-order valence-electron chi connectivity index (χ4n) is 2.02. The van der Waals surface area contributed by atoms with E-state index in [9.17, 15) is 4.79 Å². The highest BCUT2D eigenvalue weighted by molar-refractivity contribution is 7.21. The molecule has 0 radical (unpaired) electrons. The van der Waals surface area contributed by atoms with Crippen molar-refractivity contribution in [2.75, 3.05) is 12.3 Å². The number of carbonyl (C=O) groups excluding carboxylic acids is 1. The zero-order valence-corrected chi connectivity index (χ0v) is 12.2. The third-order valence-corrected chi connectivity index (χ3v) is 5.08. The number of rotatable bonds is 3. The van der Waals surface area contributed by atoms with E-state index in [0.29, 0.717) is 21.0 Å². The fraction of sp³-hybridized carbons (Fsp3) is 0.357. The summed E-state index contributed by atoms with van der Waals surface area (Å²) >= 11 is 7.35. The molecule has 1 fully saturated rings. The first-order valence-electron chi connectivity index (χ1n) is 6.24. The van der Waals surface area contributed by atoms with Gasteiger partial charge in [-0.3, -0.25) is 4.79 Å². The topological polar surface area (TPSA) is 55.1 Å². The van der Waals surface area contributed by atoms with Crippen molar-refractivity contribution in [2.45, 2.75) is 19.8 Å². The Hall–Kier alpha value is -1.26. The molecular formula is C14H15ClN2OS. The van der Waals surface area contributed by atoms with Gasteiger partial charge < -0.3 is 11.1 Å². The molecule has 0 saturated heterocycles. The van der Waals surface area contributed by atoms with Crippen molar-refractivity contribution in [2.24, 2.45) is 5.41 Å². The summed E-state index contributed by atoms with van der Waals surface area (Å²) in [7, 11) is 0. The van der Waals surface area contributed by atoms with Gasteiger partial charge in [0.2, 0.25) is 0 Å². The van der Waals surface area contributed by atoms with E-state index in [0.717, 1.165) is 16.6 Å². The minimum absolute atomic E-state index is 0.0806. The van der Waals surface area contributed by atoms with Crippen LogP contribution in [-0.4, -0.2) is 12.5 Å². The SMILES string of the molecule is CC1(CNC(=O)c2sc3cc(Cl)ccc3c2N)CC1. The van der Waals surface area contributed by atoms with Crippen molar-refractivity contribution in [3.8, 4) is 0 Å². The zero-order valence-electron chi connectivity index (χ0n) is 10.6. The van der Waals surface area contributed by atoms with E-state index >= 15 is 0 Å². The molecule has 3 N–H and O–H groups in total. The van der Waals surface area contributed by atoms with Crippen molar-refractivity contribution in [3.63, 3.8) is 0 Å². The molecule has 0 aliphatic heterocycles. The van der Waals surface area contributed by atoms with Gasteiger partial charge in [-0.2, -0.15) is 0 Å². The number of nitrogens with two attached hydrogens (primary N) is 1. The average molecular weight is 295 g/mol. The van der Waals surface area contributed by atoms with Gasteiger partial charge in [0.05, 0.1) is 5.69 Å². The van der Waals surface area contributed by atoms with Crippen LogP contribution in [0, 0.1) is 5.41 Å². The molecule has 2 aromatic rings. The third kappa shape index (κ3) is 2.42. The van der Waals surface area contributed by atoms with Crippen LogP contribution in [-0.2, 0) is 0 Å². The number of halogens is 1. The van der Waals surface area contributed by atoms with Gasteiger partial charge in [-0.25, -0.2) is 0 Å². The number of amides is 1. The van der Waals surface area contributed by atoms with Gasteiger partial charge in [-0.05, 0) is 36.5 Å². The summed E-state index contributed by atoms with van der Waals surface area (Å²) in [6, 6.07) is 5.50. The molecule has 19 heavy (non-hydrogen) atoms. The van der Waals surface area contributed by atoms with E-state index in [-0.39, 0.29) is 5.91 Å². The Bertz CT molecular complexity index is 661. The maximum absolute atomic E-state index is 12.2. The highest BCUT2D eigenvalue weighted by Gasteiger charge is 2.37. The van der Waals surface area contributed by atoms with Gasteiger partial charge in [0.15, 0.2) is 0 Å². The summed E-state index contributed by atoms with van der Waals surface area (Å²) in [4.78, 5) is 12.8. The molecule has 100 valence electrons. The summed E-state index contributed by atoms with van der Waals surface area (Å²) in [6.07, 6.45) is 2.37. The van der Waals surface area contributed by atoms with Crippen LogP contribution < -0.4 is 11.1 Å². The highest BCUT2D eigenvalue weighted by Crippen LogP contribution is 2.44. The van der Waals surface area contributed by atoms with Crippen LogP contribution in [0.1, 0.15) is 29.4 Å². The predicted molar refractivity (Wildman–Crippen MR) is 80.9 cm³/mol. The number of anilines is 1. The van der Waals surface area contributed by atoms with Crippen LogP contribution in [0.2, 0.25) is 5.02 Å². The predicted octanol–water partition coefficient (Wildman–Crippen LogP) is 3.67. The first-order valence-corrected chi connectivity index (χ1v) is 7.44. The van der Waals surface area contributed by atoms with E-state index in [1.807, 2.05) is 12.1 Å². The standard InChI is InChI=1S/C14H15ClN2OS/c1-14(4-5-14)7-17-13(18)12-11(16)9-3-2-8(15)6-10(9)19-12/h2-3,6H,4-5,7,16H2,1H3,(H,17,18). The van der Waals surface area contributed by atoms with E-state index in [4.69, 9.17) is 17.3 Å². The monoisotopic (exact) mass is 294 g/mol. The van der Waals surface area contributed by atoms with Crippen molar-refractivity contribution in [3.05, 3.63) is 28.1 Å². The van der Waals surface area contributed by atoms with Gasteiger partial charge in [0, 0.05) is 21.7 Å². The third-order valence-electron chi connectivity index (χ3n) is 3.68. The number of nitrogen functional groups attached to an aromatic ring is 1. The molecule has 5 heteroatoms. The molecule has 3 nitrogen and oxygen atoms in total. The maximum atomic E-state index is 12.2. The van der Waals surface area contributed by atoms with Crippen LogP contribution in [0.5, 0.6) is 0 Å². The Morgan fingerprint density at radius 3 is 2.95 bits per heavy atom. The molecule has 0 unspecified atom stereocenters. The molecule has 3 rings (SSSR count). The van der Waals surface area contributed by atoms with Gasteiger partial charge in [0.25, 0.3) is 5.91 Å². The average Bonchev–Trinajstić information content (AvgIpc) is 3.02. The molecule has 0 spiro atoms. The number of hydrogen-bond acceptors (Lipinski definition) is 3. The van der Waals surface area contributed by atoms with Gasteiger partial charge in [0.1, 0.15) is 4.88 Å². The quantitative estimate of drug-likeness (QED) is 0.907. The smallest absolute Gasteiger partial charge is 0.263 e. The van der Waals surface area contributed by atoms with Gasteiger partial charge in [-0.15, -0.1) is 11.3 Å². The molecule has 0 atom stereocenters. The Morgan fingerprint density at radius 1 is 1.53 bits per heavy atom. The largest absolute Gasteiger partial charge is 0.397 e. The number of nitrogens with one attached hydrogen (secondary N) is 1. The lowest BCUT2D eigenvalue weighted by atomic mass is 10.1. The molecule has 1 amide bonds. The Kier molecular flexibility index (Phi) is 2.95. The number of thiophene rings is 1. The molecular weight excluding hydrogens is 280 g/mol. The van der Waals surface area contributed by atoms with Gasteiger partial charge >= 0.3 is 0 Å². The van der Waals surface area contributed by atoms with Crippen LogP contribution >= 0.6 is 22.9 Å². The summed E-state index contributed by atoms with van der Waals surface area (Å²) in [6.45, 7) is 2.90. The Labute approximate surface area is 120 Å². The number of fused-ring (bicyclic) bond motifs is 1. The van der Waals surface area contributed by atoms with E-state index in [2.05, 4.69) is 12.2 Å². The molecule has 1 aromatic carbocycles. The summed E-state index contributed by atoms with van der Waals surface area (Å²) in [5, 5.41) is 4.53. The minimum Gasteiger partial charge on any atom is -0.397 e. The Morgan fingerprint density at radius 2 is 2.26 bits per heavy atom. The maximum Gasteiger partial charge on any atom is 0.263 e. The minimum atomic E-state index is -0.0806. The van der Waals surface area contributed by atoms with Crippen molar-refractivity contribution < 1.29 is 4.79 Å². The Balaban J connectivity index is 1.87.